The van der Waals surface area contributed by atoms with E-state index < -0.39 is 0 Å². The Morgan fingerprint density at radius 1 is 1.50 bits per heavy atom. The lowest BCUT2D eigenvalue weighted by Crippen LogP contribution is -2.45. The minimum Gasteiger partial charge on any atom is -0.393 e. The Morgan fingerprint density at radius 3 is 2.81 bits per heavy atom. The van der Waals surface area contributed by atoms with Gasteiger partial charge in [-0.2, -0.15) is 0 Å². The van der Waals surface area contributed by atoms with Gasteiger partial charge in [0.1, 0.15) is 0 Å². The first-order valence-corrected chi connectivity index (χ1v) is 6.26. The third-order valence-electron chi connectivity index (χ3n) is 3.21. The van der Waals surface area contributed by atoms with Gasteiger partial charge in [0, 0.05) is 17.1 Å². The van der Waals surface area contributed by atoms with Crippen molar-refractivity contribution in [1.29, 1.82) is 0 Å². The van der Waals surface area contributed by atoms with Crippen molar-refractivity contribution in [3.05, 3.63) is 34.9 Å². The quantitative estimate of drug-likeness (QED) is 0.847. The number of nitrogens with one attached hydrogen (secondary N) is 1. The van der Waals surface area contributed by atoms with Crippen LogP contribution in [-0.4, -0.2) is 17.3 Å². The molecule has 1 aromatic carbocycles. The lowest BCUT2D eigenvalue weighted by atomic mass is 9.88. The number of hydrogen-bond donors (Lipinski definition) is 2. The van der Waals surface area contributed by atoms with E-state index in [1.807, 2.05) is 18.2 Å². The molecule has 2 rings (SSSR count). The molecule has 0 aliphatic heterocycles. The molecular formula is C13H18ClNO. The Hall–Kier alpha value is -0.570. The van der Waals surface area contributed by atoms with E-state index in [0.717, 1.165) is 24.3 Å². The van der Waals surface area contributed by atoms with E-state index in [0.29, 0.717) is 12.1 Å². The average molecular weight is 240 g/mol. The molecule has 1 aliphatic rings. The maximum atomic E-state index is 9.26. The fourth-order valence-corrected chi connectivity index (χ4v) is 2.38. The lowest BCUT2D eigenvalue weighted by Gasteiger charge is -2.35. The highest BCUT2D eigenvalue weighted by Gasteiger charge is 2.28. The highest BCUT2D eigenvalue weighted by atomic mass is 35.5. The summed E-state index contributed by atoms with van der Waals surface area (Å²) in [5.41, 5.74) is 1.23. The third-order valence-corrected chi connectivity index (χ3v) is 3.44. The van der Waals surface area contributed by atoms with Crippen LogP contribution < -0.4 is 5.32 Å². The maximum Gasteiger partial charge on any atom is 0.0570 e. The first-order chi connectivity index (χ1) is 7.69. The summed E-state index contributed by atoms with van der Waals surface area (Å²) in [5, 5.41) is 13.6. The van der Waals surface area contributed by atoms with Gasteiger partial charge in [0.2, 0.25) is 0 Å². The zero-order valence-corrected chi connectivity index (χ0v) is 10.2. The van der Waals surface area contributed by atoms with Crippen LogP contribution in [0, 0.1) is 0 Å². The Labute approximate surface area is 102 Å². The van der Waals surface area contributed by atoms with Crippen LogP contribution in [-0.2, 0) is 0 Å². The van der Waals surface area contributed by atoms with Crippen LogP contribution in [0.15, 0.2) is 24.3 Å². The first kappa shape index (κ1) is 11.9. The van der Waals surface area contributed by atoms with E-state index in [2.05, 4.69) is 18.3 Å². The van der Waals surface area contributed by atoms with Gasteiger partial charge >= 0.3 is 0 Å². The second kappa shape index (κ2) is 5.17. The maximum absolute atomic E-state index is 9.26. The molecule has 0 spiro atoms. The van der Waals surface area contributed by atoms with Gasteiger partial charge in [-0.25, -0.2) is 0 Å². The summed E-state index contributed by atoms with van der Waals surface area (Å²) in [4.78, 5) is 0. The van der Waals surface area contributed by atoms with Crippen molar-refractivity contribution in [2.45, 2.75) is 44.4 Å². The Morgan fingerprint density at radius 2 is 2.25 bits per heavy atom. The highest BCUT2D eigenvalue weighted by Crippen LogP contribution is 2.26. The molecule has 3 heteroatoms. The zero-order chi connectivity index (χ0) is 11.5. The van der Waals surface area contributed by atoms with Gasteiger partial charge in [0.05, 0.1) is 6.10 Å². The summed E-state index contributed by atoms with van der Waals surface area (Å²) in [5.74, 6) is 0. The van der Waals surface area contributed by atoms with Gasteiger partial charge in [0.25, 0.3) is 0 Å². The molecule has 1 fully saturated rings. The SMILES string of the molecule is CCC(NC1CC(O)C1)c1cccc(Cl)c1. The van der Waals surface area contributed by atoms with Gasteiger partial charge in [-0.15, -0.1) is 0 Å². The second-order valence-corrected chi connectivity index (χ2v) is 4.94. The number of aliphatic hydroxyl groups is 1. The predicted molar refractivity (Wildman–Crippen MR) is 66.6 cm³/mol. The molecule has 1 aliphatic carbocycles. The van der Waals surface area contributed by atoms with Gasteiger partial charge in [-0.05, 0) is 37.0 Å². The van der Waals surface area contributed by atoms with Crippen molar-refractivity contribution in [3.8, 4) is 0 Å². The number of benzene rings is 1. The molecule has 0 heterocycles. The molecule has 0 aromatic heterocycles. The summed E-state index contributed by atoms with van der Waals surface area (Å²) in [6.07, 6.45) is 2.68. The van der Waals surface area contributed by atoms with Crippen LogP contribution in [0.25, 0.3) is 0 Å². The molecule has 1 unspecified atom stereocenters. The molecule has 0 saturated heterocycles. The summed E-state index contributed by atoms with van der Waals surface area (Å²) >= 11 is 5.99. The smallest absolute Gasteiger partial charge is 0.0570 e. The van der Waals surface area contributed by atoms with E-state index in [4.69, 9.17) is 11.6 Å². The minimum absolute atomic E-state index is 0.102. The van der Waals surface area contributed by atoms with Crippen LogP contribution in [0.4, 0.5) is 0 Å². The van der Waals surface area contributed by atoms with Crippen molar-refractivity contribution in [2.24, 2.45) is 0 Å². The van der Waals surface area contributed by atoms with Crippen LogP contribution >= 0.6 is 11.6 Å². The van der Waals surface area contributed by atoms with Crippen LogP contribution in [0.5, 0.6) is 0 Å². The molecule has 0 bridgehead atoms. The monoisotopic (exact) mass is 239 g/mol. The van der Waals surface area contributed by atoms with Crippen LogP contribution in [0.3, 0.4) is 0 Å². The number of halogens is 1. The molecule has 1 saturated carbocycles. The largest absolute Gasteiger partial charge is 0.393 e. The van der Waals surface area contributed by atoms with Gasteiger partial charge < -0.3 is 10.4 Å². The molecule has 1 atom stereocenters. The molecule has 1 aromatic rings. The summed E-state index contributed by atoms with van der Waals surface area (Å²) in [7, 11) is 0. The fraction of sp³-hybridized carbons (Fsp3) is 0.538. The Balaban J connectivity index is 1.99. The Bertz CT molecular complexity index is 350. The minimum atomic E-state index is -0.102. The van der Waals surface area contributed by atoms with E-state index in [1.54, 1.807) is 0 Å². The summed E-state index contributed by atoms with van der Waals surface area (Å²) in [6.45, 7) is 2.16. The van der Waals surface area contributed by atoms with Crippen LogP contribution in [0.2, 0.25) is 5.02 Å². The van der Waals surface area contributed by atoms with Gasteiger partial charge in [-0.3, -0.25) is 0 Å². The van der Waals surface area contributed by atoms with E-state index >= 15 is 0 Å². The summed E-state index contributed by atoms with van der Waals surface area (Å²) in [6, 6.07) is 8.79. The summed E-state index contributed by atoms with van der Waals surface area (Å²) < 4.78 is 0. The molecule has 2 nitrogen and oxygen atoms in total. The van der Waals surface area contributed by atoms with Crippen molar-refractivity contribution >= 4 is 11.6 Å². The average Bonchev–Trinajstić information content (AvgIpc) is 2.22. The van der Waals surface area contributed by atoms with E-state index in [-0.39, 0.29) is 6.10 Å². The van der Waals surface area contributed by atoms with Crippen molar-refractivity contribution in [1.82, 2.24) is 5.32 Å². The molecule has 0 radical (unpaired) electrons. The highest BCUT2D eigenvalue weighted by molar-refractivity contribution is 6.30. The molecule has 16 heavy (non-hydrogen) atoms. The molecule has 0 amide bonds. The molecular weight excluding hydrogens is 222 g/mol. The second-order valence-electron chi connectivity index (χ2n) is 4.50. The van der Waals surface area contributed by atoms with Crippen molar-refractivity contribution in [3.63, 3.8) is 0 Å². The number of hydrogen-bond acceptors (Lipinski definition) is 2. The van der Waals surface area contributed by atoms with Crippen molar-refractivity contribution in [2.75, 3.05) is 0 Å². The van der Waals surface area contributed by atoms with E-state index in [1.165, 1.54) is 5.56 Å². The lowest BCUT2D eigenvalue weighted by molar-refractivity contribution is 0.0574. The molecule has 88 valence electrons. The van der Waals surface area contributed by atoms with E-state index in [9.17, 15) is 5.11 Å². The zero-order valence-electron chi connectivity index (χ0n) is 9.49. The van der Waals surface area contributed by atoms with Gasteiger partial charge in [-0.1, -0.05) is 30.7 Å². The third kappa shape index (κ3) is 2.76. The fourth-order valence-electron chi connectivity index (χ4n) is 2.18. The normalized spacial score (nSPS) is 26.2. The van der Waals surface area contributed by atoms with Gasteiger partial charge in [0.15, 0.2) is 0 Å². The number of aliphatic hydroxyl groups excluding tert-OH is 1. The Kier molecular flexibility index (Phi) is 3.85. The van der Waals surface area contributed by atoms with Crippen LogP contribution in [0.1, 0.15) is 37.8 Å². The number of rotatable bonds is 4. The van der Waals surface area contributed by atoms with Crippen molar-refractivity contribution < 1.29 is 5.11 Å². The predicted octanol–water partition coefficient (Wildman–Crippen LogP) is 2.90. The first-order valence-electron chi connectivity index (χ1n) is 5.88. The topological polar surface area (TPSA) is 32.3 Å². The molecule has 2 N–H and O–H groups in total. The standard InChI is InChI=1S/C13H18ClNO/c1-2-13(15-11-7-12(16)8-11)9-4-3-5-10(14)6-9/h3-6,11-13,15-16H,2,7-8H2,1H3.